The van der Waals surface area contributed by atoms with Gasteiger partial charge in [-0.05, 0) is 37.5 Å². The molecule has 1 aliphatic heterocycles. The second-order valence-corrected chi connectivity index (χ2v) is 8.97. The molecule has 9 nitrogen and oxygen atoms in total. The minimum absolute atomic E-state index is 0.0306. The molecule has 2 fully saturated rings. The van der Waals surface area contributed by atoms with E-state index in [1.54, 1.807) is 6.33 Å². The molecule has 2 aliphatic rings. The number of nitrogens with one attached hydrogen (secondary N) is 1. The van der Waals surface area contributed by atoms with Gasteiger partial charge < -0.3 is 10.0 Å². The lowest BCUT2D eigenvalue weighted by molar-refractivity contribution is -0.192. The van der Waals surface area contributed by atoms with Crippen LogP contribution in [-0.2, 0) is 15.0 Å². The number of carboxylic acids is 1. The summed E-state index contributed by atoms with van der Waals surface area (Å²) in [7, 11) is -3.60. The molecule has 0 atom stereocenters. The fourth-order valence-electron chi connectivity index (χ4n) is 3.88. The summed E-state index contributed by atoms with van der Waals surface area (Å²) in [5, 5.41) is 13.2. The van der Waals surface area contributed by atoms with Crippen LogP contribution < -0.4 is 14.8 Å². The van der Waals surface area contributed by atoms with Crippen LogP contribution in [0.15, 0.2) is 24.5 Å². The molecule has 1 spiro atoms. The third-order valence-electron chi connectivity index (χ3n) is 5.06. The van der Waals surface area contributed by atoms with E-state index in [9.17, 15) is 21.6 Å². The lowest BCUT2D eigenvalue weighted by Crippen LogP contribution is -2.67. The van der Waals surface area contributed by atoms with E-state index < -0.39 is 22.4 Å². The van der Waals surface area contributed by atoms with E-state index in [2.05, 4.69) is 37.8 Å². The molecule has 1 aliphatic carbocycles. The smallest absolute Gasteiger partial charge is 0.475 e. The molecule has 1 saturated carbocycles. The molecule has 0 unspecified atom stereocenters. The lowest BCUT2D eigenvalue weighted by atomic mass is 9.61. The number of alkyl halides is 3. The van der Waals surface area contributed by atoms with Crippen molar-refractivity contribution in [3.05, 3.63) is 30.1 Å². The van der Waals surface area contributed by atoms with Crippen LogP contribution in [0.3, 0.4) is 0 Å². The molecular weight excluding hydrogens is 427 g/mol. The summed E-state index contributed by atoms with van der Waals surface area (Å²) in [6.07, 6.45) is -1.81. The number of nitrogens with two attached hydrogens (primary N) is 1. The van der Waals surface area contributed by atoms with E-state index in [4.69, 9.17) is 15.0 Å². The number of rotatable bonds is 3. The van der Waals surface area contributed by atoms with Crippen molar-refractivity contribution in [2.75, 3.05) is 18.0 Å². The number of fused-ring (bicyclic) bond motifs is 1. The Bertz CT molecular complexity index is 1060. The van der Waals surface area contributed by atoms with Crippen molar-refractivity contribution in [1.82, 2.24) is 14.7 Å². The molecule has 1 aromatic heterocycles. The van der Waals surface area contributed by atoms with Crippen LogP contribution in [0, 0.1) is 12.3 Å². The number of hydrogen-bond acceptors (Lipinski definition) is 6. The molecule has 0 bridgehead atoms. The molecule has 0 amide bonds. The zero-order valence-corrected chi connectivity index (χ0v) is 16.7. The number of carbonyl (C=O) groups is 1. The third kappa shape index (κ3) is 4.96. The van der Waals surface area contributed by atoms with Crippen LogP contribution >= 0.6 is 0 Å². The normalized spacial score (nSPS) is 18.4. The van der Waals surface area contributed by atoms with Gasteiger partial charge in [-0.25, -0.2) is 19.9 Å². The molecule has 1 saturated heterocycles. The number of halogens is 3. The van der Waals surface area contributed by atoms with Crippen LogP contribution in [-0.4, -0.2) is 54.8 Å². The van der Waals surface area contributed by atoms with Crippen molar-refractivity contribution in [2.45, 2.75) is 32.0 Å². The molecule has 0 radical (unpaired) electrons. The van der Waals surface area contributed by atoms with Crippen molar-refractivity contribution < 1.29 is 31.5 Å². The van der Waals surface area contributed by atoms with Crippen molar-refractivity contribution in [3.63, 3.8) is 0 Å². The molecule has 30 heavy (non-hydrogen) atoms. The van der Waals surface area contributed by atoms with Gasteiger partial charge >= 0.3 is 12.1 Å². The van der Waals surface area contributed by atoms with Crippen molar-refractivity contribution in [3.8, 4) is 0 Å². The van der Waals surface area contributed by atoms with E-state index >= 15 is 0 Å². The Morgan fingerprint density at radius 2 is 1.90 bits per heavy atom. The highest BCUT2D eigenvalue weighted by Crippen LogP contribution is 2.50. The zero-order chi connectivity index (χ0) is 22.3. The Kier molecular flexibility index (Phi) is 5.64. The molecule has 4 N–H and O–H groups in total. The van der Waals surface area contributed by atoms with Crippen molar-refractivity contribution in [1.29, 1.82) is 0 Å². The third-order valence-corrected chi connectivity index (χ3v) is 5.72. The maximum atomic E-state index is 11.1. The number of anilines is 1. The molecule has 4 rings (SSSR count). The van der Waals surface area contributed by atoms with Crippen LogP contribution in [0.5, 0.6) is 0 Å². The molecule has 13 heteroatoms. The van der Waals surface area contributed by atoms with E-state index in [0.29, 0.717) is 0 Å². The SMILES string of the molecule is Cc1ccc2c(N3CC4(CC(NS(N)(=O)=O)C4)C3)ncnc2c1.O=C(O)C(F)(F)F. The number of carboxylic acid groups (broad SMARTS) is 1. The highest BCUT2D eigenvalue weighted by atomic mass is 32.2. The molecular formula is C17H20F3N5O4S. The molecule has 2 heterocycles. The van der Waals surface area contributed by atoms with Crippen molar-refractivity contribution >= 4 is 32.9 Å². The summed E-state index contributed by atoms with van der Waals surface area (Å²) < 4.78 is 56.3. The van der Waals surface area contributed by atoms with E-state index in [-0.39, 0.29) is 11.5 Å². The Morgan fingerprint density at radius 3 is 2.43 bits per heavy atom. The van der Waals surface area contributed by atoms with Crippen LogP contribution in [0.25, 0.3) is 10.9 Å². The summed E-state index contributed by atoms with van der Waals surface area (Å²) in [6.45, 7) is 3.85. The maximum absolute atomic E-state index is 11.1. The number of nitrogens with zero attached hydrogens (tertiary/aromatic N) is 3. The summed E-state index contributed by atoms with van der Waals surface area (Å²) in [5.74, 6) is -1.80. The standard InChI is InChI=1S/C15H19N5O2S.C2HF3O2/c1-10-2-3-12-13(4-10)17-9-18-14(12)20-7-15(8-20)5-11(6-15)19-23(16,21)22;3-2(4,5)1(6)7/h2-4,9,11,19H,5-8H2,1H3,(H2,16,21,22);(H,6,7). The van der Waals surface area contributed by atoms with E-state index in [1.807, 2.05) is 6.92 Å². The van der Waals surface area contributed by atoms with Crippen LogP contribution in [0.2, 0.25) is 0 Å². The number of aliphatic carboxylic acids is 1. The number of aryl methyl sites for hydroxylation is 1. The van der Waals surface area contributed by atoms with Gasteiger partial charge in [0.15, 0.2) is 0 Å². The second kappa shape index (κ2) is 7.63. The maximum Gasteiger partial charge on any atom is 0.490 e. The predicted molar refractivity (Wildman–Crippen MR) is 102 cm³/mol. The highest BCUT2D eigenvalue weighted by molar-refractivity contribution is 7.87. The Hall–Kier alpha value is -2.51. The number of benzene rings is 1. The first-order chi connectivity index (χ1) is 13.8. The Balaban J connectivity index is 0.000000318. The average Bonchev–Trinajstić information content (AvgIpc) is 2.53. The number of aromatic nitrogens is 2. The van der Waals surface area contributed by atoms with Crippen molar-refractivity contribution in [2.24, 2.45) is 10.6 Å². The Labute approximate surface area is 170 Å². The lowest BCUT2D eigenvalue weighted by Gasteiger charge is -2.59. The number of hydrogen-bond donors (Lipinski definition) is 3. The summed E-state index contributed by atoms with van der Waals surface area (Å²) in [4.78, 5) is 19.9. The van der Waals surface area contributed by atoms with Gasteiger partial charge in [-0.1, -0.05) is 6.07 Å². The fourth-order valence-corrected chi connectivity index (χ4v) is 4.51. The highest BCUT2D eigenvalue weighted by Gasteiger charge is 2.53. The monoisotopic (exact) mass is 447 g/mol. The summed E-state index contributed by atoms with van der Waals surface area (Å²) in [5.41, 5.74) is 2.33. The summed E-state index contributed by atoms with van der Waals surface area (Å²) in [6, 6.07) is 6.17. The van der Waals surface area contributed by atoms with Gasteiger partial charge in [0.25, 0.3) is 10.2 Å². The topological polar surface area (TPSA) is 139 Å². The van der Waals surface area contributed by atoms with Crippen LogP contribution in [0.1, 0.15) is 18.4 Å². The molecule has 164 valence electrons. The quantitative estimate of drug-likeness (QED) is 0.645. The first-order valence-corrected chi connectivity index (χ1v) is 10.4. The minimum atomic E-state index is -5.08. The zero-order valence-electron chi connectivity index (χ0n) is 15.8. The van der Waals surface area contributed by atoms with Gasteiger partial charge in [-0.15, -0.1) is 0 Å². The minimum Gasteiger partial charge on any atom is -0.475 e. The van der Waals surface area contributed by atoms with Gasteiger partial charge in [0.1, 0.15) is 12.1 Å². The van der Waals surface area contributed by atoms with Gasteiger partial charge in [0, 0.05) is 29.9 Å². The predicted octanol–water partition coefficient (Wildman–Crippen LogP) is 1.33. The second-order valence-electron chi connectivity index (χ2n) is 7.64. The first kappa shape index (κ1) is 22.2. The van der Waals surface area contributed by atoms with Gasteiger partial charge in [0.2, 0.25) is 0 Å². The largest absolute Gasteiger partial charge is 0.490 e. The molecule has 2 aromatic rings. The van der Waals surface area contributed by atoms with Gasteiger partial charge in [-0.2, -0.15) is 26.3 Å². The average molecular weight is 447 g/mol. The fraction of sp³-hybridized carbons (Fsp3) is 0.471. The first-order valence-electron chi connectivity index (χ1n) is 8.84. The van der Waals surface area contributed by atoms with Gasteiger partial charge in [-0.3, -0.25) is 0 Å². The molecule has 1 aromatic carbocycles. The summed E-state index contributed by atoms with van der Waals surface area (Å²) >= 11 is 0. The van der Waals surface area contributed by atoms with Gasteiger partial charge in [0.05, 0.1) is 5.52 Å². The van der Waals surface area contributed by atoms with Crippen LogP contribution in [0.4, 0.5) is 19.0 Å². The van der Waals surface area contributed by atoms with E-state index in [1.165, 1.54) is 5.56 Å². The van der Waals surface area contributed by atoms with E-state index in [0.717, 1.165) is 42.7 Å². The Morgan fingerprint density at radius 1 is 1.30 bits per heavy atom.